The first-order valence-corrected chi connectivity index (χ1v) is 7.86. The average Bonchev–Trinajstić information content (AvgIpc) is 2.45. The number of anilines is 1. The molecule has 0 aliphatic heterocycles. The van der Waals surface area contributed by atoms with Gasteiger partial charge >= 0.3 is 0 Å². The molecule has 4 heteroatoms. The van der Waals surface area contributed by atoms with Crippen LogP contribution >= 0.6 is 27.5 Å². The molecule has 0 amide bonds. The summed E-state index contributed by atoms with van der Waals surface area (Å²) in [6.45, 7) is 3.69. The molecule has 0 aromatic heterocycles. The van der Waals surface area contributed by atoms with Crippen LogP contribution in [-0.4, -0.2) is 12.8 Å². The smallest absolute Gasteiger partial charge is 0.159 e. The fraction of sp³-hybridized carbons (Fsp3) is 0.235. The van der Waals surface area contributed by atoms with Gasteiger partial charge < -0.3 is 4.90 Å². The number of benzene rings is 2. The zero-order valence-electron chi connectivity index (χ0n) is 12.2. The molecular formula is C17H17BrClNO. The Morgan fingerprint density at radius 1 is 1.24 bits per heavy atom. The molecule has 0 aliphatic carbocycles. The Bertz CT molecular complexity index is 672. The van der Waals surface area contributed by atoms with E-state index in [1.54, 1.807) is 6.92 Å². The summed E-state index contributed by atoms with van der Waals surface area (Å²) >= 11 is 9.61. The molecule has 0 aliphatic rings. The van der Waals surface area contributed by atoms with E-state index >= 15 is 0 Å². The SMILES string of the molecule is CC(=O)c1ccc(N(C)C(C)c2cccc(Cl)c2)c(Br)c1. The Kier molecular flexibility index (Phi) is 5.07. The van der Waals surface area contributed by atoms with Crippen molar-refractivity contribution in [1.82, 2.24) is 0 Å². The summed E-state index contributed by atoms with van der Waals surface area (Å²) in [6, 6.07) is 13.7. The third kappa shape index (κ3) is 3.66. The third-order valence-corrected chi connectivity index (χ3v) is 4.52. The fourth-order valence-electron chi connectivity index (χ4n) is 2.21. The van der Waals surface area contributed by atoms with Crippen LogP contribution in [0.2, 0.25) is 5.02 Å². The molecule has 0 bridgehead atoms. The second kappa shape index (κ2) is 6.63. The Balaban J connectivity index is 2.31. The van der Waals surface area contributed by atoms with Crippen molar-refractivity contribution in [3.8, 4) is 0 Å². The quantitative estimate of drug-likeness (QED) is 0.666. The summed E-state index contributed by atoms with van der Waals surface area (Å²) in [5.41, 5.74) is 2.88. The maximum absolute atomic E-state index is 11.4. The van der Waals surface area contributed by atoms with Gasteiger partial charge in [-0.25, -0.2) is 0 Å². The van der Waals surface area contributed by atoms with Crippen molar-refractivity contribution in [3.63, 3.8) is 0 Å². The molecule has 1 unspecified atom stereocenters. The first kappa shape index (κ1) is 16.1. The van der Waals surface area contributed by atoms with Gasteiger partial charge in [-0.05, 0) is 65.7 Å². The van der Waals surface area contributed by atoms with Crippen LogP contribution in [-0.2, 0) is 0 Å². The van der Waals surface area contributed by atoms with Gasteiger partial charge in [0, 0.05) is 22.1 Å². The van der Waals surface area contributed by atoms with E-state index in [-0.39, 0.29) is 11.8 Å². The predicted octanol–water partition coefficient (Wildman–Crippen LogP) is 5.50. The van der Waals surface area contributed by atoms with Crippen LogP contribution in [0.4, 0.5) is 5.69 Å². The number of hydrogen-bond acceptors (Lipinski definition) is 2. The van der Waals surface area contributed by atoms with E-state index in [2.05, 4.69) is 33.8 Å². The van der Waals surface area contributed by atoms with Crippen molar-refractivity contribution >= 4 is 39.0 Å². The van der Waals surface area contributed by atoms with E-state index in [4.69, 9.17) is 11.6 Å². The van der Waals surface area contributed by atoms with E-state index in [1.807, 2.05) is 43.4 Å². The molecule has 0 saturated heterocycles. The predicted molar refractivity (Wildman–Crippen MR) is 92.4 cm³/mol. The summed E-state index contributed by atoms with van der Waals surface area (Å²) in [5, 5.41) is 0.735. The van der Waals surface area contributed by atoms with E-state index in [0.29, 0.717) is 5.56 Å². The van der Waals surface area contributed by atoms with Crippen LogP contribution in [0.5, 0.6) is 0 Å². The van der Waals surface area contributed by atoms with E-state index < -0.39 is 0 Å². The van der Waals surface area contributed by atoms with Gasteiger partial charge in [0.25, 0.3) is 0 Å². The fourth-order valence-corrected chi connectivity index (χ4v) is 3.07. The van der Waals surface area contributed by atoms with Crippen molar-refractivity contribution in [1.29, 1.82) is 0 Å². The molecule has 1 atom stereocenters. The molecule has 0 fully saturated rings. The van der Waals surface area contributed by atoms with Gasteiger partial charge in [0.05, 0.1) is 11.7 Å². The summed E-state index contributed by atoms with van der Waals surface area (Å²) in [7, 11) is 2.03. The molecular weight excluding hydrogens is 350 g/mol. The normalized spacial score (nSPS) is 12.0. The highest BCUT2D eigenvalue weighted by atomic mass is 79.9. The summed E-state index contributed by atoms with van der Waals surface area (Å²) in [5.74, 6) is 0.0628. The Morgan fingerprint density at radius 2 is 1.95 bits per heavy atom. The molecule has 21 heavy (non-hydrogen) atoms. The zero-order valence-corrected chi connectivity index (χ0v) is 14.6. The molecule has 0 radical (unpaired) electrons. The number of carbonyl (C=O) groups excluding carboxylic acids is 1. The molecule has 2 aromatic carbocycles. The number of carbonyl (C=O) groups is 1. The van der Waals surface area contributed by atoms with Crippen molar-refractivity contribution in [2.75, 3.05) is 11.9 Å². The summed E-state index contributed by atoms with van der Waals surface area (Å²) in [6.07, 6.45) is 0. The van der Waals surface area contributed by atoms with Crippen molar-refractivity contribution in [2.45, 2.75) is 19.9 Å². The third-order valence-electron chi connectivity index (χ3n) is 3.65. The highest BCUT2D eigenvalue weighted by molar-refractivity contribution is 9.10. The number of ketones is 1. The highest BCUT2D eigenvalue weighted by Crippen LogP contribution is 2.32. The van der Waals surface area contributed by atoms with Crippen molar-refractivity contribution in [3.05, 3.63) is 63.1 Å². The minimum absolute atomic E-state index is 0.0628. The Hall–Kier alpha value is -1.32. The molecule has 0 heterocycles. The maximum Gasteiger partial charge on any atom is 0.159 e. The molecule has 2 rings (SSSR count). The Morgan fingerprint density at radius 3 is 2.52 bits per heavy atom. The topological polar surface area (TPSA) is 20.3 Å². The van der Waals surface area contributed by atoms with Gasteiger partial charge in [0.1, 0.15) is 0 Å². The van der Waals surface area contributed by atoms with Gasteiger partial charge in [-0.3, -0.25) is 4.79 Å². The molecule has 2 nitrogen and oxygen atoms in total. The van der Waals surface area contributed by atoms with Crippen LogP contribution in [0.15, 0.2) is 46.9 Å². The van der Waals surface area contributed by atoms with E-state index in [1.165, 1.54) is 0 Å². The van der Waals surface area contributed by atoms with Crippen LogP contribution < -0.4 is 4.90 Å². The number of rotatable bonds is 4. The lowest BCUT2D eigenvalue weighted by atomic mass is 10.1. The summed E-state index contributed by atoms with van der Waals surface area (Å²) in [4.78, 5) is 13.6. The first-order chi connectivity index (χ1) is 9.90. The van der Waals surface area contributed by atoms with Gasteiger partial charge in [-0.15, -0.1) is 0 Å². The number of hydrogen-bond donors (Lipinski definition) is 0. The second-order valence-corrected chi connectivity index (χ2v) is 6.36. The van der Waals surface area contributed by atoms with Crippen LogP contribution in [0.3, 0.4) is 0 Å². The highest BCUT2D eigenvalue weighted by Gasteiger charge is 2.15. The lowest BCUT2D eigenvalue weighted by Crippen LogP contribution is -2.22. The number of halogens is 2. The lowest BCUT2D eigenvalue weighted by molar-refractivity contribution is 0.101. The van der Waals surface area contributed by atoms with Crippen LogP contribution in [0, 0.1) is 0 Å². The van der Waals surface area contributed by atoms with Gasteiger partial charge in [0.2, 0.25) is 0 Å². The van der Waals surface area contributed by atoms with E-state index in [9.17, 15) is 4.79 Å². The minimum atomic E-state index is 0.0628. The maximum atomic E-state index is 11.4. The first-order valence-electron chi connectivity index (χ1n) is 6.69. The standard InChI is InChI=1S/C17H17BrClNO/c1-11(13-5-4-6-15(19)9-13)20(3)17-8-7-14(12(2)21)10-16(17)18/h4-11H,1-3H3. The second-order valence-electron chi connectivity index (χ2n) is 5.06. The molecule has 0 N–H and O–H groups in total. The largest absolute Gasteiger partial charge is 0.367 e. The average molecular weight is 367 g/mol. The number of Topliss-reactive ketones (excluding diaryl/α,β-unsaturated/α-hetero) is 1. The molecule has 2 aromatic rings. The van der Waals surface area contributed by atoms with Gasteiger partial charge in [-0.2, -0.15) is 0 Å². The molecule has 110 valence electrons. The lowest BCUT2D eigenvalue weighted by Gasteiger charge is -2.28. The zero-order chi connectivity index (χ0) is 15.6. The van der Waals surface area contributed by atoms with Crippen molar-refractivity contribution in [2.24, 2.45) is 0 Å². The number of nitrogens with zero attached hydrogens (tertiary/aromatic N) is 1. The molecule has 0 spiro atoms. The van der Waals surface area contributed by atoms with Crippen molar-refractivity contribution < 1.29 is 4.79 Å². The van der Waals surface area contributed by atoms with Gasteiger partial charge in [-0.1, -0.05) is 23.7 Å². The van der Waals surface area contributed by atoms with Crippen LogP contribution in [0.1, 0.15) is 35.8 Å². The van der Waals surface area contributed by atoms with Crippen LogP contribution in [0.25, 0.3) is 0 Å². The van der Waals surface area contributed by atoms with E-state index in [0.717, 1.165) is 20.7 Å². The summed E-state index contributed by atoms with van der Waals surface area (Å²) < 4.78 is 0.909. The Labute approximate surface area is 138 Å². The molecule has 0 saturated carbocycles. The monoisotopic (exact) mass is 365 g/mol. The minimum Gasteiger partial charge on any atom is -0.367 e. The van der Waals surface area contributed by atoms with Gasteiger partial charge in [0.15, 0.2) is 5.78 Å².